The highest BCUT2D eigenvalue weighted by molar-refractivity contribution is 7.21. The summed E-state index contributed by atoms with van der Waals surface area (Å²) in [4.78, 5) is 28.4. The molecule has 0 saturated heterocycles. The van der Waals surface area contributed by atoms with E-state index in [1.807, 2.05) is 24.3 Å². The predicted octanol–water partition coefficient (Wildman–Crippen LogP) is 3.91. The maximum absolute atomic E-state index is 12.4. The van der Waals surface area contributed by atoms with Crippen LogP contribution in [0.4, 0.5) is 5.69 Å². The molecular weight excluding hydrogens is 350 g/mol. The molecule has 0 aliphatic rings. The lowest BCUT2D eigenvalue weighted by molar-refractivity contribution is 0.0997. The van der Waals surface area contributed by atoms with Gasteiger partial charge in [0.25, 0.3) is 11.8 Å². The van der Waals surface area contributed by atoms with Gasteiger partial charge in [-0.25, -0.2) is 4.98 Å². The highest BCUT2D eigenvalue weighted by Crippen LogP contribution is 2.31. The molecule has 0 radical (unpaired) electrons. The van der Waals surface area contributed by atoms with Crippen molar-refractivity contribution < 1.29 is 14.0 Å². The molecule has 6 nitrogen and oxygen atoms in total. The van der Waals surface area contributed by atoms with E-state index in [-0.39, 0.29) is 11.3 Å². The first kappa shape index (κ1) is 16.0. The van der Waals surface area contributed by atoms with Crippen molar-refractivity contribution in [1.29, 1.82) is 0 Å². The first-order valence-electron chi connectivity index (χ1n) is 7.78. The van der Waals surface area contributed by atoms with Crippen molar-refractivity contribution in [2.45, 2.75) is 0 Å². The number of nitrogens with two attached hydrogens (primary N) is 1. The lowest BCUT2D eigenvalue weighted by atomic mass is 10.1. The van der Waals surface area contributed by atoms with Gasteiger partial charge in [0.05, 0.1) is 21.5 Å². The Kier molecular flexibility index (Phi) is 3.98. The van der Waals surface area contributed by atoms with Gasteiger partial charge < -0.3 is 15.5 Å². The number of hydrogen-bond donors (Lipinski definition) is 2. The van der Waals surface area contributed by atoms with Gasteiger partial charge in [-0.05, 0) is 36.4 Å². The molecule has 3 N–H and O–H groups in total. The van der Waals surface area contributed by atoms with Crippen LogP contribution in [0.3, 0.4) is 0 Å². The molecule has 0 unspecified atom stereocenters. The van der Waals surface area contributed by atoms with E-state index < -0.39 is 11.8 Å². The number of primary amides is 1. The third kappa shape index (κ3) is 2.96. The number of benzene rings is 2. The highest BCUT2D eigenvalue weighted by Gasteiger charge is 2.17. The fraction of sp³-hybridized carbons (Fsp3) is 0. The van der Waals surface area contributed by atoms with Crippen LogP contribution < -0.4 is 11.1 Å². The molecule has 128 valence electrons. The molecule has 4 rings (SSSR count). The lowest BCUT2D eigenvalue weighted by Gasteiger charge is -2.07. The van der Waals surface area contributed by atoms with Crippen LogP contribution in [0.15, 0.2) is 65.1 Å². The van der Waals surface area contributed by atoms with E-state index in [4.69, 9.17) is 10.2 Å². The van der Waals surface area contributed by atoms with Crippen molar-refractivity contribution in [3.63, 3.8) is 0 Å². The number of nitrogens with one attached hydrogen (secondary N) is 1. The predicted molar refractivity (Wildman–Crippen MR) is 100 cm³/mol. The Morgan fingerprint density at radius 1 is 1.00 bits per heavy atom. The van der Waals surface area contributed by atoms with E-state index in [1.54, 1.807) is 36.4 Å². The minimum atomic E-state index is -0.615. The Hall–Kier alpha value is -3.45. The van der Waals surface area contributed by atoms with Crippen LogP contribution in [0.1, 0.15) is 20.9 Å². The summed E-state index contributed by atoms with van der Waals surface area (Å²) in [5, 5.41) is 3.35. The number of aromatic nitrogens is 1. The van der Waals surface area contributed by atoms with Crippen LogP contribution in [0.2, 0.25) is 0 Å². The first-order chi connectivity index (χ1) is 12.6. The molecule has 4 aromatic rings. The van der Waals surface area contributed by atoms with E-state index >= 15 is 0 Å². The zero-order chi connectivity index (χ0) is 18.1. The summed E-state index contributed by atoms with van der Waals surface area (Å²) < 4.78 is 6.70. The average molecular weight is 363 g/mol. The fourth-order valence-electron chi connectivity index (χ4n) is 2.54. The van der Waals surface area contributed by atoms with Crippen molar-refractivity contribution in [1.82, 2.24) is 4.98 Å². The number of hydrogen-bond acceptors (Lipinski definition) is 5. The monoisotopic (exact) mass is 363 g/mol. The Morgan fingerprint density at radius 3 is 2.58 bits per heavy atom. The van der Waals surface area contributed by atoms with Crippen molar-refractivity contribution in [3.8, 4) is 10.8 Å². The largest absolute Gasteiger partial charge is 0.448 e. The molecule has 2 aromatic carbocycles. The quantitative estimate of drug-likeness (QED) is 0.574. The van der Waals surface area contributed by atoms with Crippen molar-refractivity contribution in [3.05, 3.63) is 72.0 Å². The normalized spacial score (nSPS) is 10.8. The third-order valence-corrected chi connectivity index (χ3v) is 4.83. The number of anilines is 1. The zero-order valence-corrected chi connectivity index (χ0v) is 14.2. The fourth-order valence-corrected chi connectivity index (χ4v) is 3.47. The van der Waals surface area contributed by atoms with Gasteiger partial charge >= 0.3 is 0 Å². The van der Waals surface area contributed by atoms with Crippen molar-refractivity contribution >= 4 is 39.1 Å². The molecule has 0 aliphatic carbocycles. The number of thiazole rings is 1. The average Bonchev–Trinajstić information content (AvgIpc) is 3.28. The number of fused-ring (bicyclic) bond motifs is 1. The van der Waals surface area contributed by atoms with Crippen molar-refractivity contribution in [2.24, 2.45) is 5.73 Å². The van der Waals surface area contributed by atoms with Gasteiger partial charge in [-0.2, -0.15) is 0 Å². The molecule has 0 aliphatic heterocycles. The number of carbonyl (C=O) groups excluding carboxylic acids is 2. The number of carbonyl (C=O) groups is 2. The zero-order valence-electron chi connectivity index (χ0n) is 13.4. The second kappa shape index (κ2) is 6.45. The Bertz CT molecular complexity index is 1100. The van der Waals surface area contributed by atoms with E-state index in [1.165, 1.54) is 11.3 Å². The van der Waals surface area contributed by atoms with Gasteiger partial charge in [0.2, 0.25) is 0 Å². The lowest BCUT2D eigenvalue weighted by Crippen LogP contribution is -2.17. The molecule has 0 bridgehead atoms. The molecular formula is C19H13N3O3S. The number of nitrogens with zero attached hydrogens (tertiary/aromatic N) is 1. The topological polar surface area (TPSA) is 98.2 Å². The van der Waals surface area contributed by atoms with Crippen LogP contribution in [0.25, 0.3) is 21.0 Å². The number of furan rings is 1. The maximum atomic E-state index is 12.4. The van der Waals surface area contributed by atoms with E-state index in [2.05, 4.69) is 10.3 Å². The third-order valence-electron chi connectivity index (χ3n) is 3.78. The molecule has 2 heterocycles. The molecule has 26 heavy (non-hydrogen) atoms. The summed E-state index contributed by atoms with van der Waals surface area (Å²) >= 11 is 1.49. The van der Waals surface area contributed by atoms with Crippen LogP contribution in [0, 0.1) is 0 Å². The molecule has 2 aromatic heterocycles. The van der Waals surface area contributed by atoms with E-state index in [0.717, 1.165) is 10.2 Å². The SMILES string of the molecule is NC(=O)c1ccccc1NC(=O)c1ccc(-c2nc3ccccc3s2)o1. The van der Waals surface area contributed by atoms with Gasteiger partial charge in [-0.1, -0.05) is 24.3 Å². The second-order valence-electron chi connectivity index (χ2n) is 5.51. The summed E-state index contributed by atoms with van der Waals surface area (Å²) in [6.45, 7) is 0. The molecule has 0 atom stereocenters. The number of rotatable bonds is 4. The summed E-state index contributed by atoms with van der Waals surface area (Å²) in [5.41, 5.74) is 6.78. The second-order valence-corrected chi connectivity index (χ2v) is 6.55. The molecule has 7 heteroatoms. The maximum Gasteiger partial charge on any atom is 0.291 e. The summed E-state index contributed by atoms with van der Waals surface area (Å²) in [7, 11) is 0. The van der Waals surface area contributed by atoms with Gasteiger partial charge in [0.15, 0.2) is 16.5 Å². The van der Waals surface area contributed by atoms with Crippen LogP contribution in [-0.2, 0) is 0 Å². The highest BCUT2D eigenvalue weighted by atomic mass is 32.1. The molecule has 2 amide bonds. The molecule has 0 saturated carbocycles. The summed E-state index contributed by atoms with van der Waals surface area (Å²) in [6.07, 6.45) is 0. The minimum absolute atomic E-state index is 0.124. The first-order valence-corrected chi connectivity index (χ1v) is 8.59. The van der Waals surface area contributed by atoms with Gasteiger partial charge in [-0.3, -0.25) is 9.59 Å². The Balaban J connectivity index is 1.60. The minimum Gasteiger partial charge on any atom is -0.448 e. The van der Waals surface area contributed by atoms with E-state index in [0.29, 0.717) is 16.5 Å². The van der Waals surface area contributed by atoms with Crippen molar-refractivity contribution in [2.75, 3.05) is 5.32 Å². The number of amides is 2. The smallest absolute Gasteiger partial charge is 0.291 e. The van der Waals surface area contributed by atoms with Crippen LogP contribution >= 0.6 is 11.3 Å². The standard InChI is InChI=1S/C19H13N3O3S/c20-17(23)11-5-1-2-6-12(11)21-18(24)14-9-10-15(25-14)19-22-13-7-3-4-8-16(13)26-19/h1-10H,(H2,20,23)(H,21,24). The van der Waals surface area contributed by atoms with Gasteiger partial charge in [0, 0.05) is 0 Å². The van der Waals surface area contributed by atoms with Gasteiger partial charge in [0.1, 0.15) is 0 Å². The Morgan fingerprint density at radius 2 is 1.77 bits per heavy atom. The van der Waals surface area contributed by atoms with E-state index in [9.17, 15) is 9.59 Å². The molecule has 0 fully saturated rings. The summed E-state index contributed by atoms with van der Waals surface area (Å²) in [5.74, 6) is -0.445. The van der Waals surface area contributed by atoms with Crippen LogP contribution in [0.5, 0.6) is 0 Å². The molecule has 0 spiro atoms. The van der Waals surface area contributed by atoms with Gasteiger partial charge in [-0.15, -0.1) is 11.3 Å². The number of para-hydroxylation sites is 2. The van der Waals surface area contributed by atoms with Crippen LogP contribution in [-0.4, -0.2) is 16.8 Å². The Labute approximate surface area is 152 Å². The summed E-state index contributed by atoms with van der Waals surface area (Å²) in [6, 6.07) is 17.6.